The van der Waals surface area contributed by atoms with Crippen LogP contribution in [0, 0.1) is 20.8 Å². The normalized spacial score (nSPS) is 11.0. The number of ether oxygens (including phenoxy) is 1. The minimum absolute atomic E-state index is 0.0279. The first-order valence-electron chi connectivity index (χ1n) is 8.07. The molecule has 0 aliphatic carbocycles. The van der Waals surface area contributed by atoms with Gasteiger partial charge < -0.3 is 4.74 Å². The fraction of sp³-hybridized carbons (Fsp3) is 0.263. The van der Waals surface area contributed by atoms with Gasteiger partial charge in [0.25, 0.3) is 5.56 Å². The molecule has 26 heavy (non-hydrogen) atoms. The first kappa shape index (κ1) is 17.6. The largest absolute Gasteiger partial charge is 0.421 e. The van der Waals surface area contributed by atoms with Crippen LogP contribution in [-0.4, -0.2) is 20.1 Å². The minimum atomic E-state index is -0.643. The van der Waals surface area contributed by atoms with Crippen LogP contribution in [0.5, 0.6) is 5.75 Å². The topological polar surface area (TPSA) is 83.2 Å². The van der Waals surface area contributed by atoms with Gasteiger partial charge in [-0.05, 0) is 44.0 Å². The van der Waals surface area contributed by atoms with E-state index >= 15 is 0 Å². The Morgan fingerprint density at radius 2 is 1.62 bits per heavy atom. The number of aromatic nitrogens is 3. The van der Waals surface area contributed by atoms with Crippen molar-refractivity contribution in [2.75, 3.05) is 0 Å². The molecule has 0 aliphatic heterocycles. The first-order chi connectivity index (χ1) is 12.2. The highest BCUT2D eigenvalue weighted by Gasteiger charge is 2.17. The molecule has 0 bridgehead atoms. The highest BCUT2D eigenvalue weighted by molar-refractivity contribution is 5.91. The van der Waals surface area contributed by atoms with Gasteiger partial charge in [0.2, 0.25) is 0 Å². The molecule has 0 saturated heterocycles. The van der Waals surface area contributed by atoms with Gasteiger partial charge in [0, 0.05) is 14.1 Å². The van der Waals surface area contributed by atoms with E-state index in [1.54, 1.807) is 0 Å². The molecule has 0 unspecified atom stereocenters. The number of esters is 1. The molecule has 3 aromatic rings. The molecule has 0 saturated carbocycles. The lowest BCUT2D eigenvalue weighted by atomic mass is 10.1. The van der Waals surface area contributed by atoms with Crippen molar-refractivity contribution in [3.63, 3.8) is 0 Å². The number of nitrogens with zero attached hydrogens (tertiary/aromatic N) is 3. The third-order valence-corrected chi connectivity index (χ3v) is 4.31. The summed E-state index contributed by atoms with van der Waals surface area (Å²) in [6.07, 6.45) is 0. The fourth-order valence-corrected chi connectivity index (χ4v) is 3.04. The quantitative estimate of drug-likeness (QED) is 0.518. The maximum atomic E-state index is 12.5. The lowest BCUT2D eigenvalue weighted by molar-refractivity contribution is 0.0726. The second-order valence-corrected chi connectivity index (χ2v) is 6.39. The van der Waals surface area contributed by atoms with Gasteiger partial charge in [-0.2, -0.15) is 0 Å². The van der Waals surface area contributed by atoms with E-state index in [1.807, 2.05) is 32.9 Å². The summed E-state index contributed by atoms with van der Waals surface area (Å²) in [5, 5.41) is 0.258. The maximum absolute atomic E-state index is 12.5. The Balaban J connectivity index is 2.08. The molecule has 0 amide bonds. The maximum Gasteiger partial charge on any atom is 0.362 e. The Kier molecular flexibility index (Phi) is 4.23. The van der Waals surface area contributed by atoms with Crippen LogP contribution in [0.15, 0.2) is 33.9 Å². The molecule has 0 aliphatic rings. The molecular weight excluding hydrogens is 334 g/mol. The van der Waals surface area contributed by atoms with Crippen molar-refractivity contribution in [2.24, 2.45) is 14.1 Å². The highest BCUT2D eigenvalue weighted by Crippen LogP contribution is 2.25. The molecule has 0 fully saturated rings. The van der Waals surface area contributed by atoms with Gasteiger partial charge in [-0.3, -0.25) is 13.9 Å². The van der Waals surface area contributed by atoms with Gasteiger partial charge in [-0.1, -0.05) is 17.7 Å². The predicted molar refractivity (Wildman–Crippen MR) is 97.8 cm³/mol. The molecule has 0 radical (unpaired) electrons. The average Bonchev–Trinajstić information content (AvgIpc) is 2.60. The zero-order chi connectivity index (χ0) is 19.2. The van der Waals surface area contributed by atoms with Crippen LogP contribution < -0.4 is 16.0 Å². The van der Waals surface area contributed by atoms with Crippen LogP contribution in [0.2, 0.25) is 0 Å². The molecule has 2 aromatic heterocycles. The summed E-state index contributed by atoms with van der Waals surface area (Å²) in [4.78, 5) is 41.0. The molecule has 0 N–H and O–H groups in total. The number of hydrogen-bond acceptors (Lipinski definition) is 5. The number of hydrogen-bond donors (Lipinski definition) is 0. The summed E-state index contributed by atoms with van der Waals surface area (Å²) in [5.74, 6) is -0.157. The van der Waals surface area contributed by atoms with Crippen LogP contribution in [-0.2, 0) is 14.1 Å². The number of pyridine rings is 1. The summed E-state index contributed by atoms with van der Waals surface area (Å²) >= 11 is 0. The van der Waals surface area contributed by atoms with E-state index in [9.17, 15) is 14.4 Å². The number of benzene rings is 1. The van der Waals surface area contributed by atoms with E-state index in [-0.39, 0.29) is 16.7 Å². The zero-order valence-electron chi connectivity index (χ0n) is 15.3. The molecule has 134 valence electrons. The molecule has 3 rings (SSSR count). The lowest BCUT2D eigenvalue weighted by Crippen LogP contribution is -2.37. The second kappa shape index (κ2) is 6.25. The number of fused-ring (bicyclic) bond motifs is 1. The summed E-state index contributed by atoms with van der Waals surface area (Å²) in [6, 6.07) is 6.76. The van der Waals surface area contributed by atoms with Crippen LogP contribution in [0.4, 0.5) is 0 Å². The molecular formula is C19H19N3O4. The Morgan fingerprint density at radius 3 is 2.23 bits per heavy atom. The summed E-state index contributed by atoms with van der Waals surface area (Å²) in [6.45, 7) is 5.70. The molecule has 7 nitrogen and oxygen atoms in total. The van der Waals surface area contributed by atoms with Gasteiger partial charge in [-0.25, -0.2) is 14.6 Å². The van der Waals surface area contributed by atoms with Crippen LogP contribution in [0.3, 0.4) is 0 Å². The lowest BCUT2D eigenvalue weighted by Gasteiger charge is -2.12. The van der Waals surface area contributed by atoms with E-state index in [0.29, 0.717) is 5.75 Å². The Bertz CT molecular complexity index is 1150. The fourth-order valence-electron chi connectivity index (χ4n) is 3.04. The molecule has 1 aromatic carbocycles. The van der Waals surface area contributed by atoms with Gasteiger partial charge in [0.1, 0.15) is 11.4 Å². The third kappa shape index (κ3) is 2.81. The van der Waals surface area contributed by atoms with E-state index in [0.717, 1.165) is 21.3 Å². The Labute approximate surface area is 149 Å². The average molecular weight is 353 g/mol. The number of carbonyl (C=O) groups excluding carboxylic acids is 1. The first-order valence-corrected chi connectivity index (χ1v) is 8.07. The number of aryl methyl sites for hydroxylation is 4. The highest BCUT2D eigenvalue weighted by atomic mass is 16.5. The summed E-state index contributed by atoms with van der Waals surface area (Å²) in [7, 11) is 2.90. The SMILES string of the molecule is Cc1cc(C)c(OC(=O)c2ccc3c(=O)n(C)c(=O)n(C)c3n2)c(C)c1. The zero-order valence-corrected chi connectivity index (χ0v) is 15.3. The van der Waals surface area contributed by atoms with E-state index in [4.69, 9.17) is 4.74 Å². The summed E-state index contributed by atoms with van der Waals surface area (Å²) in [5.41, 5.74) is 1.97. The Hall–Kier alpha value is -3.22. The van der Waals surface area contributed by atoms with E-state index in [1.165, 1.54) is 30.8 Å². The molecule has 2 heterocycles. The molecule has 7 heteroatoms. The second-order valence-electron chi connectivity index (χ2n) is 6.39. The van der Waals surface area contributed by atoms with Gasteiger partial charge in [0.15, 0.2) is 5.69 Å². The molecule has 0 spiro atoms. The third-order valence-electron chi connectivity index (χ3n) is 4.31. The minimum Gasteiger partial charge on any atom is -0.421 e. The van der Waals surface area contributed by atoms with Crippen LogP contribution in [0.1, 0.15) is 27.2 Å². The Morgan fingerprint density at radius 1 is 1.00 bits per heavy atom. The van der Waals surface area contributed by atoms with Crippen LogP contribution in [0.25, 0.3) is 11.0 Å². The van der Waals surface area contributed by atoms with Crippen molar-refractivity contribution in [3.8, 4) is 5.75 Å². The van der Waals surface area contributed by atoms with Crippen molar-refractivity contribution in [2.45, 2.75) is 20.8 Å². The van der Waals surface area contributed by atoms with Gasteiger partial charge in [-0.15, -0.1) is 0 Å². The predicted octanol–water partition coefficient (Wildman–Crippen LogP) is 1.78. The van der Waals surface area contributed by atoms with Crippen molar-refractivity contribution in [1.82, 2.24) is 14.1 Å². The monoisotopic (exact) mass is 353 g/mol. The van der Waals surface area contributed by atoms with Crippen molar-refractivity contribution < 1.29 is 9.53 Å². The van der Waals surface area contributed by atoms with Crippen molar-refractivity contribution in [1.29, 1.82) is 0 Å². The number of carbonyl (C=O) groups is 1. The molecule has 0 atom stereocenters. The smallest absolute Gasteiger partial charge is 0.362 e. The number of rotatable bonds is 2. The summed E-state index contributed by atoms with van der Waals surface area (Å²) < 4.78 is 7.75. The van der Waals surface area contributed by atoms with Gasteiger partial charge >= 0.3 is 11.7 Å². The van der Waals surface area contributed by atoms with Crippen LogP contribution >= 0.6 is 0 Å². The van der Waals surface area contributed by atoms with Crippen molar-refractivity contribution in [3.05, 3.63) is 67.5 Å². The van der Waals surface area contributed by atoms with E-state index < -0.39 is 17.2 Å². The van der Waals surface area contributed by atoms with E-state index in [2.05, 4.69) is 4.98 Å². The van der Waals surface area contributed by atoms with Crippen molar-refractivity contribution >= 4 is 17.0 Å². The standard InChI is InChI=1S/C19H19N3O4/c1-10-8-11(2)15(12(3)9-10)26-18(24)14-7-6-13-16(20-14)21(4)19(25)22(5)17(13)23/h6-9H,1-5H3. The van der Waals surface area contributed by atoms with Gasteiger partial charge in [0.05, 0.1) is 5.39 Å².